The Labute approximate surface area is 197 Å². The molecule has 0 radical (unpaired) electrons. The maximum Gasteiger partial charge on any atom is 0.240 e. The maximum absolute atomic E-state index is 12.0. The van der Waals surface area contributed by atoms with Crippen LogP contribution < -0.4 is 5.73 Å². The summed E-state index contributed by atoms with van der Waals surface area (Å²) in [7, 11) is 0. The number of fused-ring (bicyclic) bond motifs is 1. The Balaban J connectivity index is 1.52. The van der Waals surface area contributed by atoms with Crippen molar-refractivity contribution in [1.82, 2.24) is 14.6 Å². The van der Waals surface area contributed by atoms with E-state index in [0.29, 0.717) is 23.6 Å². The highest BCUT2D eigenvalue weighted by atomic mass is 16.7. The lowest BCUT2D eigenvalue weighted by Crippen LogP contribution is -2.45. The van der Waals surface area contributed by atoms with Crippen molar-refractivity contribution in [3.63, 3.8) is 0 Å². The summed E-state index contributed by atoms with van der Waals surface area (Å²) in [6, 6.07) is 23.2. The predicted octanol–water partition coefficient (Wildman–Crippen LogP) is 3.44. The summed E-state index contributed by atoms with van der Waals surface area (Å²) >= 11 is 0. The number of anilines is 1. The number of nitrogens with two attached hydrogens (primary N) is 1. The highest BCUT2D eigenvalue weighted by Crippen LogP contribution is 2.47. The van der Waals surface area contributed by atoms with Crippen molar-refractivity contribution >= 4 is 11.3 Å². The minimum absolute atomic E-state index is 0.277. The number of rotatable bonds is 7. The molecule has 0 aliphatic carbocycles. The third-order valence-corrected chi connectivity index (χ3v) is 6.16. The third kappa shape index (κ3) is 4.05. The van der Waals surface area contributed by atoms with Gasteiger partial charge in [-0.05, 0) is 37.1 Å². The molecule has 3 atom stereocenters. The molecule has 4 aromatic rings. The molecule has 0 amide bonds. The summed E-state index contributed by atoms with van der Waals surface area (Å²) < 4.78 is 20.6. The van der Waals surface area contributed by atoms with Crippen molar-refractivity contribution in [2.24, 2.45) is 0 Å². The Morgan fingerprint density at radius 3 is 2.12 bits per heavy atom. The Morgan fingerprint density at radius 1 is 0.912 bits per heavy atom. The van der Waals surface area contributed by atoms with Gasteiger partial charge in [0.2, 0.25) is 5.79 Å². The first kappa shape index (κ1) is 22.5. The zero-order valence-corrected chi connectivity index (χ0v) is 19.2. The average molecular weight is 461 g/mol. The number of nitrogens with zero attached hydrogens (tertiary/aromatic N) is 3. The van der Waals surface area contributed by atoms with E-state index in [1.54, 1.807) is 12.1 Å². The summed E-state index contributed by atoms with van der Waals surface area (Å²) in [5.41, 5.74) is 8.12. The Hall–Kier alpha value is -3.30. The summed E-state index contributed by atoms with van der Waals surface area (Å²) in [6.07, 6.45) is -0.0785. The standard InChI is InChI=1S/C26H28N4O4/c1-25(2)22(32-15-18-9-5-3-6-10-18)23(33-16-19-11-7-4-8-12-19)26(31,34-25)21-14-13-20-24(27)28-17-29-30(20)21/h3-14,17,22-23,31H,15-16H2,1-2H3,(H2,27,28,29)/t22?,23-,26?/m1/s1. The molecule has 0 bridgehead atoms. The lowest BCUT2D eigenvalue weighted by molar-refractivity contribution is -0.264. The Kier molecular flexibility index (Phi) is 5.83. The van der Waals surface area contributed by atoms with E-state index >= 15 is 0 Å². The van der Waals surface area contributed by atoms with Crippen LogP contribution in [-0.4, -0.2) is 37.5 Å². The van der Waals surface area contributed by atoms with Crippen LogP contribution in [0.25, 0.3) is 5.52 Å². The predicted molar refractivity (Wildman–Crippen MR) is 126 cm³/mol. The number of aromatic nitrogens is 3. The molecule has 5 rings (SSSR count). The molecule has 2 aromatic heterocycles. The number of hydrogen-bond acceptors (Lipinski definition) is 7. The van der Waals surface area contributed by atoms with Crippen molar-refractivity contribution in [3.8, 4) is 0 Å². The largest absolute Gasteiger partial charge is 0.382 e. The smallest absolute Gasteiger partial charge is 0.240 e. The highest BCUT2D eigenvalue weighted by Gasteiger charge is 2.62. The van der Waals surface area contributed by atoms with E-state index < -0.39 is 23.6 Å². The van der Waals surface area contributed by atoms with Crippen LogP contribution in [0.2, 0.25) is 0 Å². The van der Waals surface area contributed by atoms with E-state index in [-0.39, 0.29) is 6.61 Å². The van der Waals surface area contributed by atoms with E-state index in [9.17, 15) is 5.11 Å². The van der Waals surface area contributed by atoms with Crippen LogP contribution in [0.5, 0.6) is 0 Å². The molecule has 2 unspecified atom stereocenters. The SMILES string of the molecule is CC1(C)OC(O)(c2ccc3c(N)ncnn23)[C@H](OCc2ccccc2)C1OCc1ccccc1. The number of nitrogen functional groups attached to an aromatic ring is 1. The van der Waals surface area contributed by atoms with E-state index in [4.69, 9.17) is 19.9 Å². The van der Waals surface area contributed by atoms with E-state index in [1.165, 1.54) is 10.8 Å². The van der Waals surface area contributed by atoms with Crippen LogP contribution in [-0.2, 0) is 33.2 Å². The van der Waals surface area contributed by atoms with Crippen LogP contribution >= 0.6 is 0 Å². The van der Waals surface area contributed by atoms with Gasteiger partial charge in [0, 0.05) is 0 Å². The molecule has 3 heterocycles. The molecule has 1 aliphatic heterocycles. The second kappa shape index (κ2) is 8.81. The minimum atomic E-state index is -1.84. The molecule has 176 valence electrons. The molecular formula is C26H28N4O4. The molecule has 34 heavy (non-hydrogen) atoms. The molecule has 1 saturated heterocycles. The second-order valence-electron chi connectivity index (χ2n) is 9.00. The maximum atomic E-state index is 12.0. The summed E-state index contributed by atoms with van der Waals surface area (Å²) in [4.78, 5) is 4.04. The van der Waals surface area contributed by atoms with Crippen LogP contribution in [0.3, 0.4) is 0 Å². The van der Waals surface area contributed by atoms with Gasteiger partial charge >= 0.3 is 0 Å². The van der Waals surface area contributed by atoms with Gasteiger partial charge in [-0.3, -0.25) is 0 Å². The zero-order chi connectivity index (χ0) is 23.8. The fourth-order valence-electron chi connectivity index (χ4n) is 4.52. The van der Waals surface area contributed by atoms with Crippen molar-refractivity contribution in [1.29, 1.82) is 0 Å². The van der Waals surface area contributed by atoms with Crippen LogP contribution in [0.4, 0.5) is 5.82 Å². The van der Waals surface area contributed by atoms with Crippen LogP contribution in [0.1, 0.15) is 30.7 Å². The average Bonchev–Trinajstić information content (AvgIpc) is 3.35. The monoisotopic (exact) mass is 460 g/mol. The molecule has 1 fully saturated rings. The molecular weight excluding hydrogens is 432 g/mol. The van der Waals surface area contributed by atoms with Gasteiger partial charge in [0.25, 0.3) is 0 Å². The lowest BCUT2D eigenvalue weighted by atomic mass is 9.95. The Bertz CT molecular complexity index is 1260. The zero-order valence-electron chi connectivity index (χ0n) is 19.2. The molecule has 0 spiro atoms. The van der Waals surface area contributed by atoms with Gasteiger partial charge in [-0.1, -0.05) is 60.7 Å². The lowest BCUT2D eigenvalue weighted by Gasteiger charge is -2.30. The molecule has 8 nitrogen and oxygen atoms in total. The van der Waals surface area contributed by atoms with Crippen molar-refractivity contribution in [2.45, 2.75) is 50.7 Å². The third-order valence-electron chi connectivity index (χ3n) is 6.16. The quantitative estimate of drug-likeness (QED) is 0.435. The number of benzene rings is 2. The number of aliphatic hydroxyl groups is 1. The van der Waals surface area contributed by atoms with Crippen LogP contribution in [0, 0.1) is 0 Å². The summed E-state index contributed by atoms with van der Waals surface area (Å²) in [6.45, 7) is 4.40. The minimum Gasteiger partial charge on any atom is -0.382 e. The molecule has 8 heteroatoms. The van der Waals surface area contributed by atoms with Crippen molar-refractivity contribution in [2.75, 3.05) is 5.73 Å². The molecule has 0 saturated carbocycles. The van der Waals surface area contributed by atoms with Gasteiger partial charge in [-0.2, -0.15) is 5.10 Å². The molecule has 3 N–H and O–H groups in total. The normalized spacial score (nSPS) is 24.0. The molecule has 1 aliphatic rings. The second-order valence-corrected chi connectivity index (χ2v) is 9.00. The number of hydrogen-bond donors (Lipinski definition) is 2. The summed E-state index contributed by atoms with van der Waals surface area (Å²) in [5, 5.41) is 16.3. The first-order valence-electron chi connectivity index (χ1n) is 11.2. The number of ether oxygens (including phenoxy) is 3. The van der Waals surface area contributed by atoms with Crippen molar-refractivity contribution < 1.29 is 19.3 Å². The van der Waals surface area contributed by atoms with Gasteiger partial charge in [0.1, 0.15) is 29.7 Å². The van der Waals surface area contributed by atoms with Gasteiger partial charge in [0.15, 0.2) is 5.82 Å². The topological polar surface area (TPSA) is 104 Å². The van der Waals surface area contributed by atoms with Crippen LogP contribution in [0.15, 0.2) is 79.1 Å². The first-order chi connectivity index (χ1) is 16.4. The van der Waals surface area contributed by atoms with E-state index in [0.717, 1.165) is 11.1 Å². The Morgan fingerprint density at radius 2 is 1.50 bits per heavy atom. The molecule has 2 aromatic carbocycles. The van der Waals surface area contributed by atoms with Gasteiger partial charge in [0.05, 0.1) is 18.8 Å². The fraction of sp³-hybridized carbons (Fsp3) is 0.308. The van der Waals surface area contributed by atoms with Gasteiger partial charge in [-0.25, -0.2) is 9.50 Å². The fourth-order valence-corrected chi connectivity index (χ4v) is 4.52. The van der Waals surface area contributed by atoms with E-state index in [2.05, 4.69) is 10.1 Å². The first-order valence-corrected chi connectivity index (χ1v) is 11.2. The van der Waals surface area contributed by atoms with Crippen molar-refractivity contribution in [3.05, 3.63) is 95.9 Å². The highest BCUT2D eigenvalue weighted by molar-refractivity contribution is 5.65. The van der Waals surface area contributed by atoms with E-state index in [1.807, 2.05) is 74.5 Å². The summed E-state index contributed by atoms with van der Waals surface area (Å²) in [5.74, 6) is -1.53. The van der Waals surface area contributed by atoms with Gasteiger partial charge < -0.3 is 25.1 Å². The van der Waals surface area contributed by atoms with Gasteiger partial charge in [-0.15, -0.1) is 0 Å².